The molecule has 0 spiro atoms. The van der Waals surface area contributed by atoms with Gasteiger partial charge in [-0.15, -0.1) is 0 Å². The number of carbonyl (C=O) groups excluding carboxylic acids is 1. The molecule has 1 aromatic carbocycles. The summed E-state index contributed by atoms with van der Waals surface area (Å²) in [4.78, 5) is 22.2. The molecule has 1 aromatic rings. The Kier molecular flexibility index (Phi) is 7.87. The second kappa shape index (κ2) is 9.75. The highest BCUT2D eigenvalue weighted by Crippen LogP contribution is 2.07. The van der Waals surface area contributed by atoms with Crippen LogP contribution >= 0.6 is 0 Å². The zero-order chi connectivity index (χ0) is 15.5. The number of carboxylic acids is 1. The summed E-state index contributed by atoms with van der Waals surface area (Å²) >= 11 is 0. The molecule has 4 heteroatoms. The van der Waals surface area contributed by atoms with Gasteiger partial charge < -0.3 is 10.4 Å². The molecule has 0 heterocycles. The summed E-state index contributed by atoms with van der Waals surface area (Å²) in [5, 5.41) is 11.4. The fourth-order valence-electron chi connectivity index (χ4n) is 2.01. The molecular formula is C17H23NO3. The van der Waals surface area contributed by atoms with E-state index in [0.717, 1.165) is 37.7 Å². The second-order valence-corrected chi connectivity index (χ2v) is 4.99. The van der Waals surface area contributed by atoms with Crippen LogP contribution < -0.4 is 5.32 Å². The molecule has 0 radical (unpaired) electrons. The number of amides is 1. The van der Waals surface area contributed by atoms with Gasteiger partial charge in [-0.25, -0.2) is 0 Å². The van der Waals surface area contributed by atoms with E-state index in [1.165, 1.54) is 0 Å². The molecule has 0 aliphatic carbocycles. The summed E-state index contributed by atoms with van der Waals surface area (Å²) in [6, 6.07) is 7.31. The van der Waals surface area contributed by atoms with Crippen molar-refractivity contribution >= 4 is 18.0 Å². The van der Waals surface area contributed by atoms with Crippen LogP contribution in [0, 0.1) is 0 Å². The van der Waals surface area contributed by atoms with Crippen molar-refractivity contribution in [1.82, 2.24) is 5.32 Å². The number of unbranched alkanes of at least 4 members (excludes halogenated alkanes) is 4. The van der Waals surface area contributed by atoms with E-state index in [1.54, 1.807) is 18.2 Å². The van der Waals surface area contributed by atoms with Crippen molar-refractivity contribution in [3.8, 4) is 0 Å². The number of rotatable bonds is 10. The molecule has 0 unspecified atom stereocenters. The van der Waals surface area contributed by atoms with Crippen LogP contribution in [-0.4, -0.2) is 23.5 Å². The number of carboxylic acid groups (broad SMARTS) is 1. The van der Waals surface area contributed by atoms with E-state index in [9.17, 15) is 9.59 Å². The maximum atomic E-state index is 11.9. The molecule has 0 bridgehead atoms. The number of hydrogen-bond donors (Lipinski definition) is 2. The predicted molar refractivity (Wildman–Crippen MR) is 84.2 cm³/mol. The number of benzene rings is 1. The van der Waals surface area contributed by atoms with E-state index < -0.39 is 5.97 Å². The minimum Gasteiger partial charge on any atom is -0.481 e. The average molecular weight is 289 g/mol. The highest BCUT2D eigenvalue weighted by molar-refractivity contribution is 5.94. The SMILES string of the molecule is C=Cc1ccc(C(=O)NCCCCCCCC(=O)O)cc1. The van der Waals surface area contributed by atoms with E-state index in [1.807, 2.05) is 12.1 Å². The monoisotopic (exact) mass is 289 g/mol. The lowest BCUT2D eigenvalue weighted by atomic mass is 10.1. The Morgan fingerprint density at radius 1 is 1.05 bits per heavy atom. The first-order chi connectivity index (χ1) is 10.1. The number of carbonyl (C=O) groups is 2. The Bertz CT molecular complexity index is 465. The van der Waals surface area contributed by atoms with Crippen LogP contribution in [0.3, 0.4) is 0 Å². The van der Waals surface area contributed by atoms with Crippen molar-refractivity contribution in [3.63, 3.8) is 0 Å². The first kappa shape index (κ1) is 17.0. The quantitative estimate of drug-likeness (QED) is 0.648. The Morgan fingerprint density at radius 3 is 2.29 bits per heavy atom. The van der Waals surface area contributed by atoms with E-state index in [0.29, 0.717) is 12.1 Å². The van der Waals surface area contributed by atoms with Crippen LogP contribution in [0.5, 0.6) is 0 Å². The van der Waals surface area contributed by atoms with E-state index >= 15 is 0 Å². The topological polar surface area (TPSA) is 66.4 Å². The van der Waals surface area contributed by atoms with Crippen molar-refractivity contribution in [3.05, 3.63) is 42.0 Å². The van der Waals surface area contributed by atoms with Gasteiger partial charge in [-0.3, -0.25) is 9.59 Å². The summed E-state index contributed by atoms with van der Waals surface area (Å²) < 4.78 is 0. The van der Waals surface area contributed by atoms with Gasteiger partial charge in [0.15, 0.2) is 0 Å². The lowest BCUT2D eigenvalue weighted by Gasteiger charge is -2.05. The van der Waals surface area contributed by atoms with Crippen molar-refractivity contribution in [1.29, 1.82) is 0 Å². The van der Waals surface area contributed by atoms with Gasteiger partial charge in [0.25, 0.3) is 5.91 Å². The minimum atomic E-state index is -0.732. The fraction of sp³-hybridized carbons (Fsp3) is 0.412. The zero-order valence-corrected chi connectivity index (χ0v) is 12.3. The Balaban J connectivity index is 2.10. The molecule has 0 atom stereocenters. The van der Waals surface area contributed by atoms with E-state index in [4.69, 9.17) is 5.11 Å². The lowest BCUT2D eigenvalue weighted by Crippen LogP contribution is -2.24. The molecule has 0 aromatic heterocycles. The first-order valence-electron chi connectivity index (χ1n) is 7.36. The van der Waals surface area contributed by atoms with Gasteiger partial charge in [0, 0.05) is 18.5 Å². The summed E-state index contributed by atoms with van der Waals surface area (Å²) in [5.74, 6) is -0.791. The molecule has 0 saturated heterocycles. The first-order valence-corrected chi connectivity index (χ1v) is 7.36. The summed E-state index contributed by atoms with van der Waals surface area (Å²) in [7, 11) is 0. The van der Waals surface area contributed by atoms with Crippen LogP contribution in [0.25, 0.3) is 6.08 Å². The van der Waals surface area contributed by atoms with E-state index in [-0.39, 0.29) is 12.3 Å². The largest absolute Gasteiger partial charge is 0.481 e. The minimum absolute atomic E-state index is 0.0588. The highest BCUT2D eigenvalue weighted by atomic mass is 16.4. The third-order valence-electron chi connectivity index (χ3n) is 3.26. The molecule has 114 valence electrons. The average Bonchev–Trinajstić information content (AvgIpc) is 2.49. The predicted octanol–water partition coefficient (Wildman–Crippen LogP) is 3.48. The third-order valence-corrected chi connectivity index (χ3v) is 3.26. The normalized spacial score (nSPS) is 10.1. The van der Waals surface area contributed by atoms with Crippen LogP contribution in [0.1, 0.15) is 54.4 Å². The van der Waals surface area contributed by atoms with Crippen LogP contribution in [-0.2, 0) is 4.79 Å². The van der Waals surface area contributed by atoms with Gasteiger partial charge in [-0.1, -0.05) is 44.1 Å². The molecule has 0 saturated carbocycles. The number of nitrogens with one attached hydrogen (secondary N) is 1. The van der Waals surface area contributed by atoms with Crippen LogP contribution in [0.15, 0.2) is 30.8 Å². The van der Waals surface area contributed by atoms with Crippen molar-refractivity contribution < 1.29 is 14.7 Å². The van der Waals surface area contributed by atoms with Gasteiger partial charge in [-0.2, -0.15) is 0 Å². The molecule has 0 fully saturated rings. The highest BCUT2D eigenvalue weighted by Gasteiger charge is 2.03. The van der Waals surface area contributed by atoms with Crippen molar-refractivity contribution in [2.24, 2.45) is 0 Å². The number of aliphatic carboxylic acids is 1. The summed E-state index contributed by atoms with van der Waals surface area (Å²) in [5.41, 5.74) is 1.65. The standard InChI is InChI=1S/C17H23NO3/c1-2-14-9-11-15(12-10-14)17(21)18-13-7-5-3-4-6-8-16(19)20/h2,9-12H,1,3-8,13H2,(H,18,21)(H,19,20). The maximum absolute atomic E-state index is 11.9. The zero-order valence-electron chi connectivity index (χ0n) is 12.3. The molecular weight excluding hydrogens is 266 g/mol. The molecule has 1 amide bonds. The fourth-order valence-corrected chi connectivity index (χ4v) is 2.01. The van der Waals surface area contributed by atoms with Crippen LogP contribution in [0.4, 0.5) is 0 Å². The van der Waals surface area contributed by atoms with Gasteiger partial charge in [0.1, 0.15) is 0 Å². The van der Waals surface area contributed by atoms with E-state index in [2.05, 4.69) is 11.9 Å². The van der Waals surface area contributed by atoms with Crippen molar-refractivity contribution in [2.45, 2.75) is 38.5 Å². The van der Waals surface area contributed by atoms with Gasteiger partial charge in [-0.05, 0) is 30.5 Å². The molecule has 21 heavy (non-hydrogen) atoms. The molecule has 0 aliphatic heterocycles. The molecule has 2 N–H and O–H groups in total. The Hall–Kier alpha value is -2.10. The maximum Gasteiger partial charge on any atom is 0.303 e. The van der Waals surface area contributed by atoms with Gasteiger partial charge in [0.05, 0.1) is 0 Å². The molecule has 0 aliphatic rings. The number of hydrogen-bond acceptors (Lipinski definition) is 2. The third kappa shape index (κ3) is 7.30. The van der Waals surface area contributed by atoms with Crippen molar-refractivity contribution in [2.75, 3.05) is 6.54 Å². The Morgan fingerprint density at radius 2 is 1.67 bits per heavy atom. The van der Waals surface area contributed by atoms with Crippen LogP contribution in [0.2, 0.25) is 0 Å². The summed E-state index contributed by atoms with van der Waals surface area (Å²) in [6.45, 7) is 4.33. The molecule has 4 nitrogen and oxygen atoms in total. The smallest absolute Gasteiger partial charge is 0.303 e. The lowest BCUT2D eigenvalue weighted by molar-refractivity contribution is -0.137. The second-order valence-electron chi connectivity index (χ2n) is 4.99. The van der Waals surface area contributed by atoms with Gasteiger partial charge in [0.2, 0.25) is 0 Å². The Labute approximate surface area is 125 Å². The van der Waals surface area contributed by atoms with Gasteiger partial charge >= 0.3 is 5.97 Å². The molecule has 1 rings (SSSR count). The summed E-state index contributed by atoms with van der Waals surface area (Å²) in [6.07, 6.45) is 6.60.